The highest BCUT2D eigenvalue weighted by Crippen LogP contribution is 2.25. The Kier molecular flexibility index (Phi) is 3.97. The molecule has 1 aliphatic heterocycles. The van der Waals surface area contributed by atoms with Gasteiger partial charge in [-0.3, -0.25) is 9.98 Å². The van der Waals surface area contributed by atoms with Gasteiger partial charge < -0.3 is 5.32 Å². The second-order valence-corrected chi connectivity index (χ2v) is 5.28. The van der Waals surface area contributed by atoms with Gasteiger partial charge in [-0.1, -0.05) is 6.58 Å². The zero-order valence-corrected chi connectivity index (χ0v) is 12.2. The molecule has 4 heteroatoms. The lowest BCUT2D eigenvalue weighted by molar-refractivity contribution is 1.01. The monoisotopic (exact) mass is 305 g/mol. The molecule has 0 saturated heterocycles. The van der Waals surface area contributed by atoms with E-state index in [0.29, 0.717) is 0 Å². The molecule has 0 unspecified atom stereocenters. The van der Waals surface area contributed by atoms with Crippen molar-refractivity contribution < 1.29 is 0 Å². The quantitative estimate of drug-likeness (QED) is 0.927. The first-order valence-electron chi connectivity index (χ1n) is 5.86. The first-order chi connectivity index (χ1) is 8.58. The van der Waals surface area contributed by atoms with Gasteiger partial charge in [-0.05, 0) is 47.8 Å². The predicted octanol–water partition coefficient (Wildman–Crippen LogP) is 3.54. The summed E-state index contributed by atoms with van der Waals surface area (Å²) in [7, 11) is 0. The van der Waals surface area contributed by atoms with Crippen molar-refractivity contribution in [1.29, 1.82) is 0 Å². The summed E-state index contributed by atoms with van der Waals surface area (Å²) < 4.78 is 0.967. The first kappa shape index (κ1) is 13.0. The third-order valence-electron chi connectivity index (χ3n) is 2.78. The SMILES string of the molecule is C=C(C)NC(=C1CCN=C1C)c1cncc(Br)c1. The average Bonchev–Trinajstić information content (AvgIpc) is 2.72. The summed E-state index contributed by atoms with van der Waals surface area (Å²) in [5, 5.41) is 3.34. The fourth-order valence-corrected chi connectivity index (χ4v) is 2.37. The molecule has 18 heavy (non-hydrogen) atoms. The van der Waals surface area contributed by atoms with E-state index in [1.54, 1.807) is 6.20 Å². The fraction of sp³-hybridized carbons (Fsp3) is 0.286. The van der Waals surface area contributed by atoms with Crippen LogP contribution in [0.5, 0.6) is 0 Å². The van der Waals surface area contributed by atoms with Gasteiger partial charge in [0.2, 0.25) is 0 Å². The molecule has 1 aromatic heterocycles. The maximum atomic E-state index is 4.45. The third-order valence-corrected chi connectivity index (χ3v) is 3.21. The van der Waals surface area contributed by atoms with Gasteiger partial charge >= 0.3 is 0 Å². The number of nitrogens with one attached hydrogen (secondary N) is 1. The normalized spacial score (nSPS) is 17.4. The van der Waals surface area contributed by atoms with Crippen molar-refractivity contribution >= 4 is 27.3 Å². The summed E-state index contributed by atoms with van der Waals surface area (Å²) >= 11 is 3.45. The lowest BCUT2D eigenvalue weighted by atomic mass is 10.0. The van der Waals surface area contributed by atoms with Crippen molar-refractivity contribution in [3.05, 3.63) is 46.3 Å². The average molecular weight is 306 g/mol. The number of rotatable bonds is 3. The zero-order valence-electron chi connectivity index (χ0n) is 10.6. The summed E-state index contributed by atoms with van der Waals surface area (Å²) in [6, 6.07) is 2.05. The molecule has 1 N–H and O–H groups in total. The number of allylic oxidation sites excluding steroid dienone is 1. The van der Waals surface area contributed by atoms with Crippen LogP contribution in [0.15, 0.2) is 45.8 Å². The van der Waals surface area contributed by atoms with E-state index in [4.69, 9.17) is 0 Å². The van der Waals surface area contributed by atoms with Gasteiger partial charge in [0, 0.05) is 40.4 Å². The van der Waals surface area contributed by atoms with Crippen molar-refractivity contribution in [3.8, 4) is 0 Å². The molecule has 0 spiro atoms. The Labute approximate surface area is 116 Å². The molecular weight excluding hydrogens is 290 g/mol. The van der Waals surface area contributed by atoms with Gasteiger partial charge in [0.05, 0.1) is 5.70 Å². The van der Waals surface area contributed by atoms with Crippen molar-refractivity contribution in [3.63, 3.8) is 0 Å². The van der Waals surface area contributed by atoms with Gasteiger partial charge in [0.1, 0.15) is 0 Å². The van der Waals surface area contributed by atoms with E-state index in [-0.39, 0.29) is 0 Å². The van der Waals surface area contributed by atoms with Gasteiger partial charge in [-0.25, -0.2) is 0 Å². The largest absolute Gasteiger partial charge is 0.359 e. The fourth-order valence-electron chi connectivity index (χ4n) is 2.00. The molecule has 0 amide bonds. The van der Waals surface area contributed by atoms with Crippen LogP contribution in [0.4, 0.5) is 0 Å². The smallest absolute Gasteiger partial charge is 0.0522 e. The number of nitrogens with zero attached hydrogens (tertiary/aromatic N) is 2. The minimum atomic E-state index is 0.865. The molecule has 0 bridgehead atoms. The van der Waals surface area contributed by atoms with E-state index in [0.717, 1.165) is 40.1 Å². The van der Waals surface area contributed by atoms with Crippen LogP contribution in [0.2, 0.25) is 0 Å². The molecule has 0 aliphatic carbocycles. The molecule has 2 heterocycles. The Balaban J connectivity index is 2.50. The van der Waals surface area contributed by atoms with E-state index >= 15 is 0 Å². The number of halogens is 1. The highest BCUT2D eigenvalue weighted by atomic mass is 79.9. The van der Waals surface area contributed by atoms with Crippen LogP contribution in [0.3, 0.4) is 0 Å². The summed E-state index contributed by atoms with van der Waals surface area (Å²) in [6.07, 6.45) is 4.60. The van der Waals surface area contributed by atoms with Crippen molar-refractivity contribution in [2.45, 2.75) is 20.3 Å². The number of hydrogen-bond donors (Lipinski definition) is 1. The molecule has 0 radical (unpaired) electrons. The van der Waals surface area contributed by atoms with Crippen molar-refractivity contribution in [2.24, 2.45) is 4.99 Å². The highest BCUT2D eigenvalue weighted by Gasteiger charge is 2.16. The number of pyridine rings is 1. The van der Waals surface area contributed by atoms with Gasteiger partial charge in [-0.15, -0.1) is 0 Å². The maximum Gasteiger partial charge on any atom is 0.0522 e. The van der Waals surface area contributed by atoms with E-state index in [1.165, 1.54) is 5.57 Å². The van der Waals surface area contributed by atoms with Crippen molar-refractivity contribution in [1.82, 2.24) is 10.3 Å². The summed E-state index contributed by atoms with van der Waals surface area (Å²) in [5.41, 5.74) is 5.38. The Morgan fingerprint density at radius 3 is 2.78 bits per heavy atom. The molecule has 3 nitrogen and oxygen atoms in total. The minimum Gasteiger partial charge on any atom is -0.359 e. The van der Waals surface area contributed by atoms with Gasteiger partial charge in [-0.2, -0.15) is 0 Å². The number of aliphatic imine (C=N–C) groups is 1. The molecule has 0 aromatic carbocycles. The topological polar surface area (TPSA) is 37.3 Å². The molecule has 0 fully saturated rings. The maximum absolute atomic E-state index is 4.45. The van der Waals surface area contributed by atoms with E-state index in [2.05, 4.69) is 43.9 Å². The van der Waals surface area contributed by atoms with Gasteiger partial charge in [0.15, 0.2) is 0 Å². The van der Waals surface area contributed by atoms with E-state index < -0.39 is 0 Å². The third kappa shape index (κ3) is 2.88. The van der Waals surface area contributed by atoms with Crippen LogP contribution < -0.4 is 5.32 Å². The summed E-state index contributed by atoms with van der Waals surface area (Å²) in [6.45, 7) is 8.79. The minimum absolute atomic E-state index is 0.865. The first-order valence-corrected chi connectivity index (χ1v) is 6.65. The van der Waals surface area contributed by atoms with Crippen LogP contribution >= 0.6 is 15.9 Å². The Hall–Kier alpha value is -1.42. The molecule has 0 atom stereocenters. The van der Waals surface area contributed by atoms with Crippen molar-refractivity contribution in [2.75, 3.05) is 6.54 Å². The Bertz CT molecular complexity index is 544. The van der Waals surface area contributed by atoms with Gasteiger partial charge in [0.25, 0.3) is 0 Å². The number of aromatic nitrogens is 1. The van der Waals surface area contributed by atoms with Crippen LogP contribution in [-0.2, 0) is 0 Å². The zero-order chi connectivity index (χ0) is 13.1. The van der Waals surface area contributed by atoms with E-state index in [1.807, 2.05) is 20.0 Å². The highest BCUT2D eigenvalue weighted by molar-refractivity contribution is 9.10. The number of hydrogen-bond acceptors (Lipinski definition) is 3. The standard InChI is InChI=1S/C14H16BrN3/c1-9(2)18-14(13-4-5-17-10(13)3)11-6-12(15)8-16-7-11/h6-8,18H,1,4-5H2,2-3H3. The molecule has 94 valence electrons. The van der Waals surface area contributed by atoms with Crippen LogP contribution in [-0.4, -0.2) is 17.2 Å². The van der Waals surface area contributed by atoms with E-state index in [9.17, 15) is 0 Å². The molecule has 0 saturated carbocycles. The predicted molar refractivity (Wildman–Crippen MR) is 79.4 cm³/mol. The second-order valence-electron chi connectivity index (χ2n) is 4.37. The molecular formula is C14H16BrN3. The Morgan fingerprint density at radius 2 is 2.22 bits per heavy atom. The molecule has 2 rings (SSSR count). The van der Waals surface area contributed by atoms with Crippen LogP contribution in [0, 0.1) is 0 Å². The molecule has 1 aromatic rings. The Morgan fingerprint density at radius 1 is 1.44 bits per heavy atom. The lowest BCUT2D eigenvalue weighted by Gasteiger charge is -2.15. The summed E-state index contributed by atoms with van der Waals surface area (Å²) in [5.74, 6) is 0. The molecule has 1 aliphatic rings. The summed E-state index contributed by atoms with van der Waals surface area (Å²) in [4.78, 5) is 8.67. The van der Waals surface area contributed by atoms with Crippen LogP contribution in [0.1, 0.15) is 25.8 Å². The van der Waals surface area contributed by atoms with Crippen LogP contribution in [0.25, 0.3) is 5.70 Å². The lowest BCUT2D eigenvalue weighted by Crippen LogP contribution is -2.13. The second kappa shape index (κ2) is 5.48.